The summed E-state index contributed by atoms with van der Waals surface area (Å²) in [6.07, 6.45) is 5.13. The number of carbonyl (C=O) groups excluding carboxylic acids is 2. The Balaban J connectivity index is 1.64. The summed E-state index contributed by atoms with van der Waals surface area (Å²) in [5.41, 5.74) is 2.71. The number of carbonyl (C=O) groups is 2. The SMILES string of the molecule is CC(C)Cc1cc(C(=O)O[C@@H](C(=O)NC2CCCCC2)c2ccccc2)c2ccccc2n1. The first-order valence-corrected chi connectivity index (χ1v) is 12.0. The molecule has 5 nitrogen and oxygen atoms in total. The van der Waals surface area contributed by atoms with E-state index in [9.17, 15) is 9.59 Å². The number of benzene rings is 2. The van der Waals surface area contributed by atoms with Gasteiger partial charge < -0.3 is 10.1 Å². The molecule has 0 aliphatic heterocycles. The maximum Gasteiger partial charge on any atom is 0.340 e. The van der Waals surface area contributed by atoms with Crippen LogP contribution in [0, 0.1) is 5.92 Å². The van der Waals surface area contributed by atoms with E-state index in [1.54, 1.807) is 0 Å². The lowest BCUT2D eigenvalue weighted by atomic mass is 9.95. The zero-order valence-electron chi connectivity index (χ0n) is 19.4. The van der Waals surface area contributed by atoms with Crippen LogP contribution in [0.5, 0.6) is 0 Å². The van der Waals surface area contributed by atoms with E-state index >= 15 is 0 Å². The maximum absolute atomic E-state index is 13.4. The lowest BCUT2D eigenvalue weighted by Crippen LogP contribution is -2.40. The van der Waals surface area contributed by atoms with Crippen molar-refractivity contribution in [2.45, 2.75) is 64.5 Å². The Hall–Kier alpha value is -3.21. The predicted molar refractivity (Wildman–Crippen MR) is 130 cm³/mol. The van der Waals surface area contributed by atoms with E-state index in [2.05, 4.69) is 19.2 Å². The highest BCUT2D eigenvalue weighted by Crippen LogP contribution is 2.26. The first kappa shape index (κ1) is 23.0. The van der Waals surface area contributed by atoms with E-state index in [4.69, 9.17) is 9.72 Å². The fraction of sp³-hybridized carbons (Fsp3) is 0.393. The number of nitrogens with one attached hydrogen (secondary N) is 1. The van der Waals surface area contributed by atoms with Gasteiger partial charge in [-0.3, -0.25) is 9.78 Å². The summed E-state index contributed by atoms with van der Waals surface area (Å²) in [6.45, 7) is 4.24. The van der Waals surface area contributed by atoms with E-state index in [-0.39, 0.29) is 11.9 Å². The van der Waals surface area contributed by atoms with Gasteiger partial charge in [0, 0.05) is 22.7 Å². The minimum Gasteiger partial charge on any atom is -0.444 e. The number of nitrogens with zero attached hydrogens (tertiary/aromatic N) is 1. The van der Waals surface area contributed by atoms with Crippen LogP contribution >= 0.6 is 0 Å². The number of aromatic nitrogens is 1. The Morgan fingerprint density at radius 2 is 1.70 bits per heavy atom. The molecule has 0 radical (unpaired) electrons. The highest BCUT2D eigenvalue weighted by molar-refractivity contribution is 6.04. The van der Waals surface area contributed by atoms with Gasteiger partial charge in [0.15, 0.2) is 0 Å². The molecule has 1 aromatic heterocycles. The van der Waals surface area contributed by atoms with Crippen molar-refractivity contribution in [3.05, 3.63) is 77.5 Å². The average Bonchev–Trinajstić information content (AvgIpc) is 2.82. The minimum atomic E-state index is -0.999. The van der Waals surface area contributed by atoms with Crippen LogP contribution in [0.2, 0.25) is 0 Å². The summed E-state index contributed by atoms with van der Waals surface area (Å²) >= 11 is 0. The number of fused-ring (bicyclic) bond motifs is 1. The van der Waals surface area contributed by atoms with Crippen LogP contribution in [0.1, 0.15) is 73.7 Å². The normalized spacial score (nSPS) is 15.4. The molecule has 1 fully saturated rings. The van der Waals surface area contributed by atoms with Gasteiger partial charge >= 0.3 is 5.97 Å². The van der Waals surface area contributed by atoms with Gasteiger partial charge in [-0.25, -0.2) is 4.79 Å². The molecule has 4 rings (SSSR count). The molecule has 172 valence electrons. The third-order valence-corrected chi connectivity index (χ3v) is 6.12. The Kier molecular flexibility index (Phi) is 7.38. The molecule has 3 aromatic rings. The zero-order chi connectivity index (χ0) is 23.2. The standard InChI is InChI=1S/C28H32N2O3/c1-19(2)17-22-18-24(23-15-9-10-16-25(23)29-22)28(32)33-26(20-11-5-3-6-12-20)27(31)30-21-13-7-4-8-14-21/h3,5-6,9-12,15-16,18-19,21,26H,4,7-8,13-14,17H2,1-2H3,(H,30,31)/t26-/m1/s1. The Bertz CT molecular complexity index is 1100. The highest BCUT2D eigenvalue weighted by atomic mass is 16.5. The van der Waals surface area contributed by atoms with Crippen LogP contribution in [-0.2, 0) is 16.0 Å². The first-order chi connectivity index (χ1) is 16.0. The fourth-order valence-corrected chi connectivity index (χ4v) is 4.52. The summed E-state index contributed by atoms with van der Waals surface area (Å²) in [5, 5.41) is 3.85. The maximum atomic E-state index is 13.4. The second kappa shape index (κ2) is 10.6. The van der Waals surface area contributed by atoms with Gasteiger partial charge in [0.05, 0.1) is 11.1 Å². The highest BCUT2D eigenvalue weighted by Gasteiger charge is 2.29. The van der Waals surface area contributed by atoms with Crippen LogP contribution < -0.4 is 5.32 Å². The average molecular weight is 445 g/mol. The van der Waals surface area contributed by atoms with Crippen molar-refractivity contribution in [1.29, 1.82) is 0 Å². The molecule has 1 saturated carbocycles. The number of hydrogen-bond acceptors (Lipinski definition) is 4. The summed E-state index contributed by atoms with van der Waals surface area (Å²) < 4.78 is 5.92. The molecule has 2 aromatic carbocycles. The molecule has 1 amide bonds. The van der Waals surface area contributed by atoms with Gasteiger partial charge in [-0.1, -0.05) is 81.6 Å². The van der Waals surface area contributed by atoms with Crippen LogP contribution in [0.3, 0.4) is 0 Å². The van der Waals surface area contributed by atoms with E-state index in [0.29, 0.717) is 17.0 Å². The number of ether oxygens (including phenoxy) is 1. The monoisotopic (exact) mass is 444 g/mol. The van der Waals surface area contributed by atoms with Crippen LogP contribution in [-0.4, -0.2) is 22.9 Å². The fourth-order valence-electron chi connectivity index (χ4n) is 4.52. The van der Waals surface area contributed by atoms with E-state index in [0.717, 1.165) is 48.7 Å². The van der Waals surface area contributed by atoms with Gasteiger partial charge in [-0.05, 0) is 37.3 Å². The van der Waals surface area contributed by atoms with Crippen molar-refractivity contribution >= 4 is 22.8 Å². The Labute approximate surface area is 195 Å². The van der Waals surface area contributed by atoms with Crippen LogP contribution in [0.4, 0.5) is 0 Å². The smallest absolute Gasteiger partial charge is 0.340 e. The van der Waals surface area contributed by atoms with Crippen molar-refractivity contribution < 1.29 is 14.3 Å². The topological polar surface area (TPSA) is 68.3 Å². The molecule has 1 atom stereocenters. The van der Waals surface area contributed by atoms with Gasteiger partial charge in [0.2, 0.25) is 6.10 Å². The molecular formula is C28H32N2O3. The molecular weight excluding hydrogens is 412 g/mol. The van der Waals surface area contributed by atoms with E-state index in [1.807, 2.05) is 60.7 Å². The number of hydrogen-bond donors (Lipinski definition) is 1. The first-order valence-electron chi connectivity index (χ1n) is 12.0. The van der Waals surface area contributed by atoms with Gasteiger partial charge in [-0.15, -0.1) is 0 Å². The number of amides is 1. The van der Waals surface area contributed by atoms with Gasteiger partial charge in [0.1, 0.15) is 0 Å². The lowest BCUT2D eigenvalue weighted by Gasteiger charge is -2.26. The molecule has 0 bridgehead atoms. The largest absolute Gasteiger partial charge is 0.444 e. The predicted octanol–water partition coefficient (Wildman–Crippen LogP) is 5.78. The molecule has 1 N–H and O–H groups in total. The van der Waals surface area contributed by atoms with Crippen molar-refractivity contribution in [2.75, 3.05) is 0 Å². The van der Waals surface area contributed by atoms with Crippen LogP contribution in [0.25, 0.3) is 10.9 Å². The second-order valence-corrected chi connectivity index (χ2v) is 9.32. The van der Waals surface area contributed by atoms with E-state index < -0.39 is 12.1 Å². The van der Waals surface area contributed by atoms with Crippen LogP contribution in [0.15, 0.2) is 60.7 Å². The molecule has 0 spiro atoms. The van der Waals surface area contributed by atoms with Gasteiger partial charge in [-0.2, -0.15) is 0 Å². The van der Waals surface area contributed by atoms with Crippen molar-refractivity contribution in [3.8, 4) is 0 Å². The second-order valence-electron chi connectivity index (χ2n) is 9.32. The lowest BCUT2D eigenvalue weighted by molar-refractivity contribution is -0.131. The summed E-state index contributed by atoms with van der Waals surface area (Å²) in [6, 6.07) is 18.8. The number of esters is 1. The zero-order valence-corrected chi connectivity index (χ0v) is 19.4. The molecule has 1 aliphatic rings. The van der Waals surface area contributed by atoms with Crippen molar-refractivity contribution in [2.24, 2.45) is 5.92 Å². The molecule has 0 saturated heterocycles. The molecule has 1 aliphatic carbocycles. The minimum absolute atomic E-state index is 0.135. The number of rotatable bonds is 7. The van der Waals surface area contributed by atoms with Gasteiger partial charge in [0.25, 0.3) is 5.91 Å². The summed E-state index contributed by atoms with van der Waals surface area (Å²) in [5.74, 6) is -0.366. The molecule has 1 heterocycles. The summed E-state index contributed by atoms with van der Waals surface area (Å²) in [4.78, 5) is 31.4. The Morgan fingerprint density at radius 1 is 1.00 bits per heavy atom. The molecule has 33 heavy (non-hydrogen) atoms. The van der Waals surface area contributed by atoms with E-state index in [1.165, 1.54) is 6.42 Å². The Morgan fingerprint density at radius 3 is 2.42 bits per heavy atom. The van der Waals surface area contributed by atoms with Crippen molar-refractivity contribution in [1.82, 2.24) is 10.3 Å². The van der Waals surface area contributed by atoms with Crippen molar-refractivity contribution in [3.63, 3.8) is 0 Å². The molecule has 0 unspecified atom stereocenters. The third-order valence-electron chi connectivity index (χ3n) is 6.12. The third kappa shape index (κ3) is 5.78. The quantitative estimate of drug-likeness (QED) is 0.469. The number of pyridine rings is 1. The molecule has 5 heteroatoms. The summed E-state index contributed by atoms with van der Waals surface area (Å²) in [7, 11) is 0. The number of para-hydroxylation sites is 1.